The maximum Gasteiger partial charge on any atom is 0.146 e. The Morgan fingerprint density at radius 1 is 1.36 bits per heavy atom. The number of carbonyl (C=O) groups excluding carboxylic acids is 1. The van der Waals surface area contributed by atoms with E-state index in [0.717, 1.165) is 12.8 Å². The van der Waals surface area contributed by atoms with Crippen LogP contribution in [0.3, 0.4) is 0 Å². The Morgan fingerprint density at radius 2 is 2.18 bits per heavy atom. The highest BCUT2D eigenvalue weighted by atomic mass is 16.5. The summed E-state index contributed by atoms with van der Waals surface area (Å²) >= 11 is 0. The van der Waals surface area contributed by atoms with Gasteiger partial charge >= 0.3 is 0 Å². The minimum absolute atomic E-state index is 0.0807. The largest absolute Gasteiger partial charge is 0.392 e. The maximum absolute atomic E-state index is 11.4. The van der Waals surface area contributed by atoms with E-state index in [1.165, 1.54) is 0 Å². The van der Waals surface area contributed by atoms with Crippen molar-refractivity contribution in [3.05, 3.63) is 0 Å². The van der Waals surface area contributed by atoms with Crippen LogP contribution in [-0.4, -0.2) is 30.2 Å². The molecule has 0 radical (unpaired) electrons. The Kier molecular flexibility index (Phi) is 1.69. The van der Waals surface area contributed by atoms with Crippen LogP contribution in [0.15, 0.2) is 0 Å². The maximum atomic E-state index is 11.4. The number of rotatable bonds is 0. The molecule has 2 aliphatic rings. The Hall–Kier alpha value is -0.410. The van der Waals surface area contributed by atoms with Crippen LogP contribution in [0.25, 0.3) is 0 Å². The zero-order chi connectivity index (χ0) is 7.84. The third-order valence-electron chi connectivity index (χ3n) is 2.66. The van der Waals surface area contributed by atoms with Crippen molar-refractivity contribution in [1.82, 2.24) is 0 Å². The van der Waals surface area contributed by atoms with Gasteiger partial charge in [0, 0.05) is 5.92 Å². The van der Waals surface area contributed by atoms with E-state index in [4.69, 9.17) is 4.74 Å². The molecule has 2 rings (SSSR count). The van der Waals surface area contributed by atoms with Gasteiger partial charge in [0.25, 0.3) is 0 Å². The average Bonchev–Trinajstić information content (AvgIpc) is 1.98. The van der Waals surface area contributed by atoms with Gasteiger partial charge in [0.2, 0.25) is 0 Å². The van der Waals surface area contributed by atoms with Crippen molar-refractivity contribution in [2.75, 3.05) is 13.2 Å². The van der Waals surface area contributed by atoms with Crippen LogP contribution in [0, 0.1) is 11.8 Å². The predicted molar refractivity (Wildman–Crippen MR) is 38.0 cm³/mol. The Balaban J connectivity index is 2.16. The van der Waals surface area contributed by atoms with E-state index in [1.807, 2.05) is 0 Å². The lowest BCUT2D eigenvalue weighted by atomic mass is 9.77. The van der Waals surface area contributed by atoms with Crippen molar-refractivity contribution in [3.63, 3.8) is 0 Å². The van der Waals surface area contributed by atoms with E-state index in [2.05, 4.69) is 0 Å². The topological polar surface area (TPSA) is 46.5 Å². The molecule has 0 spiro atoms. The molecule has 1 heterocycles. The van der Waals surface area contributed by atoms with Gasteiger partial charge in [-0.3, -0.25) is 4.79 Å². The minimum atomic E-state index is -0.445. The number of Topliss-reactive ketones (excluding diaryl/α,β-unsaturated/α-hetero) is 1. The van der Waals surface area contributed by atoms with Crippen LogP contribution in [0.1, 0.15) is 12.8 Å². The van der Waals surface area contributed by atoms with Crippen molar-refractivity contribution < 1.29 is 14.6 Å². The van der Waals surface area contributed by atoms with E-state index in [0.29, 0.717) is 13.2 Å². The number of ether oxygens (including phenoxy) is 1. The smallest absolute Gasteiger partial charge is 0.146 e. The normalized spacial score (nSPS) is 44.1. The van der Waals surface area contributed by atoms with E-state index >= 15 is 0 Å². The second-order valence-corrected chi connectivity index (χ2v) is 3.39. The summed E-state index contributed by atoms with van der Waals surface area (Å²) in [5, 5.41) is 9.39. The highest BCUT2D eigenvalue weighted by molar-refractivity contribution is 5.85. The first-order valence-corrected chi connectivity index (χ1v) is 4.08. The molecule has 1 saturated carbocycles. The number of hydrogen-bond donors (Lipinski definition) is 1. The number of ketones is 1. The number of aliphatic hydroxyl groups is 1. The summed E-state index contributed by atoms with van der Waals surface area (Å²) in [5.74, 6) is 0.0784. The zero-order valence-electron chi connectivity index (χ0n) is 6.32. The van der Waals surface area contributed by atoms with Gasteiger partial charge in [-0.05, 0) is 12.8 Å². The fraction of sp³-hybridized carbons (Fsp3) is 0.875. The van der Waals surface area contributed by atoms with Gasteiger partial charge in [0.05, 0.1) is 25.2 Å². The summed E-state index contributed by atoms with van der Waals surface area (Å²) in [4.78, 5) is 11.4. The number of fused-ring (bicyclic) bond motifs is 2. The van der Waals surface area contributed by atoms with E-state index in [9.17, 15) is 9.90 Å². The molecular formula is C8H12O3. The molecule has 3 atom stereocenters. The SMILES string of the molecule is O=C1[C@H]2CC[C@H](O)[C@@H]1COC2. The molecule has 11 heavy (non-hydrogen) atoms. The van der Waals surface area contributed by atoms with Crippen molar-refractivity contribution >= 4 is 5.78 Å². The van der Waals surface area contributed by atoms with Crippen molar-refractivity contribution in [2.45, 2.75) is 18.9 Å². The summed E-state index contributed by atoms with van der Waals surface area (Å²) in [6.07, 6.45) is 1.13. The molecular weight excluding hydrogens is 144 g/mol. The third kappa shape index (κ3) is 1.08. The van der Waals surface area contributed by atoms with Gasteiger partial charge in [-0.25, -0.2) is 0 Å². The minimum Gasteiger partial charge on any atom is -0.392 e. The molecule has 1 saturated heterocycles. The monoisotopic (exact) mass is 156 g/mol. The van der Waals surface area contributed by atoms with E-state index < -0.39 is 6.10 Å². The van der Waals surface area contributed by atoms with Crippen LogP contribution < -0.4 is 0 Å². The third-order valence-corrected chi connectivity index (χ3v) is 2.66. The van der Waals surface area contributed by atoms with Crippen LogP contribution in [0.4, 0.5) is 0 Å². The van der Waals surface area contributed by atoms with Gasteiger partial charge < -0.3 is 9.84 Å². The van der Waals surface area contributed by atoms with Gasteiger partial charge in [-0.2, -0.15) is 0 Å². The molecule has 3 nitrogen and oxygen atoms in total. The first-order chi connectivity index (χ1) is 5.29. The zero-order valence-corrected chi connectivity index (χ0v) is 6.32. The summed E-state index contributed by atoms with van der Waals surface area (Å²) in [5.41, 5.74) is 0. The van der Waals surface area contributed by atoms with Crippen LogP contribution in [0.2, 0.25) is 0 Å². The molecule has 0 aromatic rings. The summed E-state index contributed by atoms with van der Waals surface area (Å²) in [7, 11) is 0. The molecule has 1 N–H and O–H groups in total. The van der Waals surface area contributed by atoms with Crippen molar-refractivity contribution in [3.8, 4) is 0 Å². The summed E-state index contributed by atoms with van der Waals surface area (Å²) in [6, 6.07) is 0. The second kappa shape index (κ2) is 2.57. The molecule has 3 heteroatoms. The standard InChI is InChI=1S/C8H12O3/c9-7-2-1-5-3-11-4-6(7)8(5)10/h5-7,9H,1-4H2/t5-,6-,7-/m0/s1. The van der Waals surface area contributed by atoms with Gasteiger partial charge in [0.15, 0.2) is 0 Å². The Labute approximate surface area is 65.4 Å². The highest BCUT2D eigenvalue weighted by Gasteiger charge is 2.40. The lowest BCUT2D eigenvalue weighted by molar-refractivity contribution is -0.149. The summed E-state index contributed by atoms with van der Waals surface area (Å²) < 4.78 is 5.20. The fourth-order valence-corrected chi connectivity index (χ4v) is 1.90. The number of carbonyl (C=O) groups is 1. The van der Waals surface area contributed by atoms with Crippen LogP contribution >= 0.6 is 0 Å². The highest BCUT2D eigenvalue weighted by Crippen LogP contribution is 2.30. The van der Waals surface area contributed by atoms with Crippen LogP contribution in [0.5, 0.6) is 0 Å². The van der Waals surface area contributed by atoms with E-state index in [-0.39, 0.29) is 17.6 Å². The van der Waals surface area contributed by atoms with Crippen LogP contribution in [-0.2, 0) is 9.53 Å². The molecule has 0 aromatic carbocycles. The van der Waals surface area contributed by atoms with Crippen molar-refractivity contribution in [2.24, 2.45) is 11.8 Å². The van der Waals surface area contributed by atoms with Gasteiger partial charge in [0.1, 0.15) is 5.78 Å². The molecule has 1 aliphatic carbocycles. The molecule has 2 bridgehead atoms. The first kappa shape index (κ1) is 7.25. The second-order valence-electron chi connectivity index (χ2n) is 3.39. The summed E-state index contributed by atoms with van der Waals surface area (Å²) in [6.45, 7) is 0.999. The molecule has 0 aromatic heterocycles. The molecule has 1 aliphatic heterocycles. The predicted octanol–water partition coefficient (Wildman–Crippen LogP) is -0.0272. The Bertz CT molecular complexity index is 178. The molecule has 62 valence electrons. The quantitative estimate of drug-likeness (QED) is 0.536. The number of hydrogen-bond acceptors (Lipinski definition) is 3. The molecule has 2 fully saturated rings. The molecule has 0 unspecified atom stereocenters. The van der Waals surface area contributed by atoms with E-state index in [1.54, 1.807) is 0 Å². The first-order valence-electron chi connectivity index (χ1n) is 4.08. The van der Waals surface area contributed by atoms with Crippen molar-refractivity contribution in [1.29, 1.82) is 0 Å². The lowest BCUT2D eigenvalue weighted by Gasteiger charge is -2.35. The molecule has 0 amide bonds. The fourth-order valence-electron chi connectivity index (χ4n) is 1.90. The lowest BCUT2D eigenvalue weighted by Crippen LogP contribution is -2.46. The van der Waals surface area contributed by atoms with Gasteiger partial charge in [-0.1, -0.05) is 0 Å². The average molecular weight is 156 g/mol. The van der Waals surface area contributed by atoms with Gasteiger partial charge in [-0.15, -0.1) is 0 Å². The Morgan fingerprint density at radius 3 is 2.91 bits per heavy atom. The number of aliphatic hydroxyl groups excluding tert-OH is 1.